The highest BCUT2D eigenvalue weighted by Crippen LogP contribution is 2.54. The maximum Gasteiger partial charge on any atom is 0.314 e. The minimum absolute atomic E-state index is 0.187. The van der Waals surface area contributed by atoms with Gasteiger partial charge in [-0.1, -0.05) is 54.6 Å². The lowest BCUT2D eigenvalue weighted by Crippen LogP contribution is -2.36. The first-order valence-corrected chi connectivity index (χ1v) is 11.8. The number of nitrogens with one attached hydrogen (secondary N) is 2. The average molecular weight is 407 g/mol. The third kappa shape index (κ3) is 5.23. The Labute approximate surface area is 173 Å². The van der Waals surface area contributed by atoms with Gasteiger partial charge in [0.25, 0.3) is 0 Å². The van der Waals surface area contributed by atoms with E-state index in [0.29, 0.717) is 19.8 Å². The monoisotopic (exact) mass is 407 g/mol. The largest absolute Gasteiger partial charge is 0.376 e. The summed E-state index contributed by atoms with van der Waals surface area (Å²) in [5.41, 5.74) is 0. The first kappa shape index (κ1) is 21.0. The van der Waals surface area contributed by atoms with Crippen LogP contribution in [0.25, 0.3) is 0 Å². The molecule has 0 saturated carbocycles. The maximum atomic E-state index is 11.3. The molecule has 0 spiro atoms. The maximum absolute atomic E-state index is 11.3. The minimum Gasteiger partial charge on any atom is -0.376 e. The highest BCUT2D eigenvalue weighted by Gasteiger charge is 2.44. The summed E-state index contributed by atoms with van der Waals surface area (Å²) in [7, 11) is -0.246. The Morgan fingerprint density at radius 2 is 1.21 bits per heavy atom. The van der Waals surface area contributed by atoms with E-state index in [0.717, 1.165) is 6.16 Å². The van der Waals surface area contributed by atoms with E-state index in [2.05, 4.69) is 102 Å². The third-order valence-corrected chi connectivity index (χ3v) is 9.31. The fraction of sp³-hybridized carbons (Fsp3) is 0.208. The van der Waals surface area contributed by atoms with E-state index < -0.39 is 7.26 Å². The van der Waals surface area contributed by atoms with Crippen molar-refractivity contribution in [2.75, 3.05) is 33.0 Å². The van der Waals surface area contributed by atoms with Crippen molar-refractivity contribution in [3.05, 3.63) is 91.0 Å². The van der Waals surface area contributed by atoms with Crippen molar-refractivity contribution in [1.82, 2.24) is 10.6 Å². The van der Waals surface area contributed by atoms with Crippen molar-refractivity contribution in [3.63, 3.8) is 0 Å². The summed E-state index contributed by atoms with van der Waals surface area (Å²) >= 11 is 0. The highest BCUT2D eigenvalue weighted by atomic mass is 31.2. The molecule has 3 rings (SSSR count). The van der Waals surface area contributed by atoms with Crippen LogP contribution in [0.15, 0.2) is 91.0 Å². The second-order valence-electron chi connectivity index (χ2n) is 6.66. The van der Waals surface area contributed by atoms with Gasteiger partial charge in [-0.15, -0.1) is 0 Å². The van der Waals surface area contributed by atoms with E-state index >= 15 is 0 Å². The number of urea groups is 1. The molecule has 3 aromatic carbocycles. The van der Waals surface area contributed by atoms with E-state index in [1.807, 2.05) is 0 Å². The highest BCUT2D eigenvalue weighted by molar-refractivity contribution is 7.95. The second-order valence-corrected chi connectivity index (χ2v) is 10.3. The predicted molar refractivity (Wildman–Crippen MR) is 123 cm³/mol. The van der Waals surface area contributed by atoms with Gasteiger partial charge in [-0.2, -0.15) is 0 Å². The molecular weight excluding hydrogens is 379 g/mol. The summed E-state index contributed by atoms with van der Waals surface area (Å²) in [5, 5.41) is 9.36. The fourth-order valence-corrected chi connectivity index (χ4v) is 7.63. The number of carbonyl (C=O) groups excluding carboxylic acids is 1. The zero-order valence-corrected chi connectivity index (χ0v) is 17.6. The smallest absolute Gasteiger partial charge is 0.314 e. The van der Waals surface area contributed by atoms with Crippen LogP contribution in [0.4, 0.5) is 4.79 Å². The van der Waals surface area contributed by atoms with Gasteiger partial charge in [-0.05, 0) is 36.4 Å². The van der Waals surface area contributed by atoms with Crippen LogP contribution in [0.1, 0.15) is 0 Å². The van der Waals surface area contributed by atoms with Crippen LogP contribution in [0.3, 0.4) is 0 Å². The van der Waals surface area contributed by atoms with Gasteiger partial charge in [0.05, 0.1) is 19.4 Å². The number of hydrogen-bond donors (Lipinski definition) is 2. The minimum atomic E-state index is -1.85. The van der Waals surface area contributed by atoms with E-state index in [-0.39, 0.29) is 6.03 Å². The molecule has 3 aromatic rings. The van der Waals surface area contributed by atoms with Crippen molar-refractivity contribution < 1.29 is 9.53 Å². The fourth-order valence-electron chi connectivity index (χ4n) is 3.51. The molecule has 0 aliphatic rings. The summed E-state index contributed by atoms with van der Waals surface area (Å²) in [6.07, 6.45) is 0.908. The van der Waals surface area contributed by atoms with Gasteiger partial charge < -0.3 is 15.4 Å². The topological polar surface area (TPSA) is 50.4 Å². The Kier molecular flexibility index (Phi) is 7.80. The van der Waals surface area contributed by atoms with Crippen LogP contribution in [0, 0.1) is 0 Å². The SMILES string of the molecule is CNC(=O)NCCOCC[P+](c1ccccc1)(c1ccccc1)c1ccccc1. The molecule has 0 radical (unpaired) electrons. The molecule has 0 aliphatic heterocycles. The third-order valence-electron chi connectivity index (χ3n) is 4.92. The summed E-state index contributed by atoms with van der Waals surface area (Å²) < 4.78 is 5.93. The molecule has 0 heterocycles. The summed E-state index contributed by atoms with van der Waals surface area (Å²) in [6.45, 7) is 1.61. The summed E-state index contributed by atoms with van der Waals surface area (Å²) in [6, 6.07) is 32.1. The van der Waals surface area contributed by atoms with Crippen molar-refractivity contribution in [2.45, 2.75) is 0 Å². The molecule has 150 valence electrons. The number of hydrogen-bond acceptors (Lipinski definition) is 2. The number of ether oxygens (including phenoxy) is 1. The first-order valence-electron chi connectivity index (χ1n) is 9.85. The molecule has 4 nitrogen and oxygen atoms in total. The van der Waals surface area contributed by atoms with Crippen molar-refractivity contribution in [3.8, 4) is 0 Å². The van der Waals surface area contributed by atoms with Crippen molar-refractivity contribution >= 4 is 29.2 Å². The second kappa shape index (κ2) is 10.8. The van der Waals surface area contributed by atoms with E-state index in [4.69, 9.17) is 4.74 Å². The zero-order valence-electron chi connectivity index (χ0n) is 16.8. The summed E-state index contributed by atoms with van der Waals surface area (Å²) in [5.74, 6) is 0. The number of rotatable bonds is 9. The number of benzene rings is 3. The normalized spacial score (nSPS) is 11.1. The molecule has 0 bridgehead atoms. The Balaban J connectivity index is 1.88. The molecule has 0 aliphatic carbocycles. The van der Waals surface area contributed by atoms with E-state index in [9.17, 15) is 4.79 Å². The van der Waals surface area contributed by atoms with Gasteiger partial charge in [0, 0.05) is 13.6 Å². The van der Waals surface area contributed by atoms with Crippen LogP contribution in [-0.2, 0) is 4.74 Å². The Morgan fingerprint density at radius 3 is 1.62 bits per heavy atom. The van der Waals surface area contributed by atoms with Gasteiger partial charge in [0.15, 0.2) is 0 Å². The Hall–Kier alpha value is -2.68. The summed E-state index contributed by atoms with van der Waals surface area (Å²) in [4.78, 5) is 11.3. The lowest BCUT2D eigenvalue weighted by molar-refractivity contribution is 0.151. The first-order chi connectivity index (χ1) is 14.3. The molecular formula is C24H28N2O2P+. The molecule has 5 heteroatoms. The molecule has 2 N–H and O–H groups in total. The predicted octanol–water partition coefficient (Wildman–Crippen LogP) is 2.93. The van der Waals surface area contributed by atoms with Gasteiger partial charge in [0.1, 0.15) is 23.2 Å². The number of amides is 2. The standard InChI is InChI=1S/C24H27N2O2P/c1-25-24(27)26-17-18-28-19-20-29(21-11-5-2-6-12-21,22-13-7-3-8-14-22)23-15-9-4-10-16-23/h2-16H,17-20H2,1H3,(H-,25,26,27)/p+1. The average Bonchev–Trinajstić information content (AvgIpc) is 2.80. The van der Waals surface area contributed by atoms with Crippen molar-refractivity contribution in [1.29, 1.82) is 0 Å². The quantitative estimate of drug-likeness (QED) is 0.423. The van der Waals surface area contributed by atoms with Crippen molar-refractivity contribution in [2.24, 2.45) is 0 Å². The Bertz CT molecular complexity index is 776. The van der Waals surface area contributed by atoms with Crippen LogP contribution >= 0.6 is 7.26 Å². The van der Waals surface area contributed by atoms with Crippen LogP contribution in [0.5, 0.6) is 0 Å². The van der Waals surface area contributed by atoms with Crippen LogP contribution < -0.4 is 26.5 Å². The van der Waals surface area contributed by atoms with E-state index in [1.165, 1.54) is 15.9 Å². The molecule has 2 amide bonds. The number of carbonyl (C=O) groups is 1. The zero-order chi connectivity index (χ0) is 20.4. The molecule has 0 saturated heterocycles. The molecule has 0 atom stereocenters. The van der Waals surface area contributed by atoms with Gasteiger partial charge >= 0.3 is 6.03 Å². The van der Waals surface area contributed by atoms with Crippen LogP contribution in [-0.4, -0.2) is 39.0 Å². The van der Waals surface area contributed by atoms with Gasteiger partial charge in [-0.25, -0.2) is 4.79 Å². The molecule has 29 heavy (non-hydrogen) atoms. The van der Waals surface area contributed by atoms with Gasteiger partial charge in [-0.3, -0.25) is 0 Å². The Morgan fingerprint density at radius 1 is 0.759 bits per heavy atom. The molecule has 0 aromatic heterocycles. The lowest BCUT2D eigenvalue weighted by Gasteiger charge is -2.27. The van der Waals surface area contributed by atoms with Crippen LogP contribution in [0.2, 0.25) is 0 Å². The lowest BCUT2D eigenvalue weighted by atomic mass is 10.4. The van der Waals surface area contributed by atoms with Gasteiger partial charge in [0.2, 0.25) is 0 Å². The van der Waals surface area contributed by atoms with E-state index in [1.54, 1.807) is 7.05 Å². The molecule has 0 fully saturated rings. The molecule has 0 unspecified atom stereocenters.